The molecule has 0 aromatic rings. The fraction of sp³-hybridized carbons (Fsp3) is 0.684. The minimum Gasteiger partial charge on any atom is -0.314 e. The molecular formula is C19H35N2+. The number of nitrogens with one attached hydrogen (secondary N) is 1. The molecule has 21 heavy (non-hydrogen) atoms. The van der Waals surface area contributed by atoms with E-state index in [1.807, 2.05) is 18.2 Å². The van der Waals surface area contributed by atoms with E-state index in [4.69, 9.17) is 0 Å². The Hall–Kier alpha value is -0.860. The van der Waals surface area contributed by atoms with E-state index in [-0.39, 0.29) is 0 Å². The van der Waals surface area contributed by atoms with Gasteiger partial charge in [-0.05, 0) is 63.3 Å². The molecule has 2 unspecified atom stereocenters. The van der Waals surface area contributed by atoms with Crippen molar-refractivity contribution < 1.29 is 4.48 Å². The molecule has 2 atom stereocenters. The molecule has 1 rings (SSSR count). The van der Waals surface area contributed by atoms with E-state index < -0.39 is 0 Å². The second-order valence-electron chi connectivity index (χ2n) is 6.97. The largest absolute Gasteiger partial charge is 0.314 e. The molecule has 120 valence electrons. The molecule has 2 heteroatoms. The van der Waals surface area contributed by atoms with Gasteiger partial charge in [-0.25, -0.2) is 0 Å². The number of nitrogens with zero attached hydrogens (tertiary/aromatic N) is 1. The highest BCUT2D eigenvalue weighted by molar-refractivity contribution is 4.91. The number of piperidine rings is 1. The van der Waals surface area contributed by atoms with E-state index >= 15 is 0 Å². The maximum atomic E-state index is 3.94. The summed E-state index contributed by atoms with van der Waals surface area (Å²) in [6, 6.07) is 0. The molecule has 0 aromatic carbocycles. The fourth-order valence-electron chi connectivity index (χ4n) is 3.71. The van der Waals surface area contributed by atoms with Crippen molar-refractivity contribution in [1.29, 1.82) is 0 Å². The molecular weight excluding hydrogens is 256 g/mol. The molecule has 1 aliphatic rings. The zero-order chi connectivity index (χ0) is 15.8. The Morgan fingerprint density at radius 2 is 1.71 bits per heavy atom. The Morgan fingerprint density at radius 3 is 2.19 bits per heavy atom. The lowest BCUT2D eigenvalue weighted by Crippen LogP contribution is -2.53. The predicted octanol–water partition coefficient (Wildman–Crippen LogP) is 3.92. The summed E-state index contributed by atoms with van der Waals surface area (Å²) in [5.41, 5.74) is 0.310. The Bertz CT molecular complexity index is 321. The fourth-order valence-corrected chi connectivity index (χ4v) is 3.71. The van der Waals surface area contributed by atoms with Crippen molar-refractivity contribution in [3.63, 3.8) is 0 Å². The number of hydrogen-bond donors (Lipinski definition) is 1. The smallest absolute Gasteiger partial charge is 0.0975 e. The first-order valence-corrected chi connectivity index (χ1v) is 8.45. The highest BCUT2D eigenvalue weighted by atomic mass is 15.3. The third-order valence-corrected chi connectivity index (χ3v) is 5.31. The van der Waals surface area contributed by atoms with Gasteiger partial charge in [0.2, 0.25) is 0 Å². The molecule has 0 spiro atoms. The molecule has 0 aromatic heterocycles. The molecule has 0 bridgehead atoms. The monoisotopic (exact) mass is 291 g/mol. The maximum absolute atomic E-state index is 3.94. The average molecular weight is 292 g/mol. The summed E-state index contributed by atoms with van der Waals surface area (Å²) in [5, 5.41) is 3.76. The summed E-state index contributed by atoms with van der Waals surface area (Å²) in [7, 11) is 0. The van der Waals surface area contributed by atoms with Gasteiger partial charge < -0.3 is 9.80 Å². The van der Waals surface area contributed by atoms with Crippen LogP contribution in [0.25, 0.3) is 0 Å². The van der Waals surface area contributed by atoms with Gasteiger partial charge in [-0.3, -0.25) is 0 Å². The van der Waals surface area contributed by atoms with Crippen LogP contribution in [-0.4, -0.2) is 42.7 Å². The van der Waals surface area contributed by atoms with Gasteiger partial charge in [0.15, 0.2) is 0 Å². The summed E-state index contributed by atoms with van der Waals surface area (Å²) >= 11 is 0. The van der Waals surface area contributed by atoms with Crippen LogP contribution in [-0.2, 0) is 0 Å². The Labute approximate surface area is 132 Å². The minimum absolute atomic E-state index is 0.310. The molecule has 0 amide bonds. The van der Waals surface area contributed by atoms with Crippen LogP contribution in [0.4, 0.5) is 0 Å². The Kier molecular flexibility index (Phi) is 7.41. The van der Waals surface area contributed by atoms with Crippen LogP contribution < -0.4 is 5.32 Å². The average Bonchev–Trinajstić information content (AvgIpc) is 2.43. The van der Waals surface area contributed by atoms with Gasteiger partial charge in [0.05, 0.1) is 26.2 Å². The van der Waals surface area contributed by atoms with Crippen molar-refractivity contribution in [3.05, 3.63) is 38.0 Å². The Balaban J connectivity index is 2.61. The van der Waals surface area contributed by atoms with Gasteiger partial charge in [0.25, 0.3) is 0 Å². The molecule has 0 saturated carbocycles. The maximum Gasteiger partial charge on any atom is 0.0975 e. The highest BCUT2D eigenvalue weighted by Crippen LogP contribution is 2.30. The summed E-state index contributed by atoms with van der Waals surface area (Å²) in [6.45, 7) is 21.9. The van der Waals surface area contributed by atoms with Gasteiger partial charge in [-0.15, -0.1) is 0 Å². The third kappa shape index (κ3) is 5.12. The van der Waals surface area contributed by atoms with Gasteiger partial charge in [-0.1, -0.05) is 26.7 Å². The van der Waals surface area contributed by atoms with Crippen LogP contribution in [0.15, 0.2) is 38.0 Å². The van der Waals surface area contributed by atoms with Crippen molar-refractivity contribution in [2.75, 3.05) is 32.7 Å². The topological polar surface area (TPSA) is 12.0 Å². The standard InChI is InChI=1S/C19H35N2/c1-6-14-21(15-7-2,16-8-3)17-10-12-19(5)18(4)11-9-13-20-19/h6-8,18,20H,1-3,9-17H2,4-5H3/q+1. The van der Waals surface area contributed by atoms with Crippen LogP contribution in [0.5, 0.6) is 0 Å². The van der Waals surface area contributed by atoms with Crippen molar-refractivity contribution in [1.82, 2.24) is 5.32 Å². The van der Waals surface area contributed by atoms with Crippen molar-refractivity contribution >= 4 is 0 Å². The second kappa shape index (κ2) is 8.55. The first-order valence-electron chi connectivity index (χ1n) is 8.45. The van der Waals surface area contributed by atoms with E-state index in [1.54, 1.807) is 0 Å². The van der Waals surface area contributed by atoms with E-state index in [1.165, 1.54) is 38.8 Å². The normalized spacial score (nSPS) is 26.3. The summed E-state index contributed by atoms with van der Waals surface area (Å²) < 4.78 is 1.01. The lowest BCUT2D eigenvalue weighted by molar-refractivity contribution is -0.912. The molecule has 0 radical (unpaired) electrons. The summed E-state index contributed by atoms with van der Waals surface area (Å²) in [4.78, 5) is 0. The quantitative estimate of drug-likeness (QED) is 0.475. The molecule has 1 saturated heterocycles. The highest BCUT2D eigenvalue weighted by Gasteiger charge is 2.33. The molecule has 2 nitrogen and oxygen atoms in total. The lowest BCUT2D eigenvalue weighted by atomic mass is 9.77. The van der Waals surface area contributed by atoms with Gasteiger partial charge in [-0.2, -0.15) is 0 Å². The van der Waals surface area contributed by atoms with E-state index in [0.717, 1.165) is 30.0 Å². The van der Waals surface area contributed by atoms with Gasteiger partial charge in [0.1, 0.15) is 0 Å². The molecule has 0 aliphatic carbocycles. The predicted molar refractivity (Wildman–Crippen MR) is 94.4 cm³/mol. The van der Waals surface area contributed by atoms with E-state index in [2.05, 4.69) is 38.9 Å². The second-order valence-corrected chi connectivity index (χ2v) is 6.97. The first kappa shape index (κ1) is 18.2. The van der Waals surface area contributed by atoms with Crippen molar-refractivity contribution in [2.24, 2.45) is 5.92 Å². The summed E-state index contributed by atoms with van der Waals surface area (Å²) in [6.07, 6.45) is 11.3. The molecule has 1 fully saturated rings. The number of quaternary nitrogens is 1. The van der Waals surface area contributed by atoms with Gasteiger partial charge in [0, 0.05) is 5.54 Å². The SMILES string of the molecule is C=CC[N+](CC=C)(CC=C)CCCC1(C)NCCCC1C. The molecule has 1 heterocycles. The van der Waals surface area contributed by atoms with Crippen LogP contribution in [0, 0.1) is 5.92 Å². The van der Waals surface area contributed by atoms with Crippen molar-refractivity contribution in [2.45, 2.75) is 45.1 Å². The number of rotatable bonds is 10. The van der Waals surface area contributed by atoms with Crippen molar-refractivity contribution in [3.8, 4) is 0 Å². The van der Waals surface area contributed by atoms with Gasteiger partial charge >= 0.3 is 0 Å². The number of hydrogen-bond acceptors (Lipinski definition) is 1. The molecule has 1 N–H and O–H groups in total. The third-order valence-electron chi connectivity index (χ3n) is 5.31. The van der Waals surface area contributed by atoms with Crippen LogP contribution in [0.1, 0.15) is 39.5 Å². The Morgan fingerprint density at radius 1 is 1.14 bits per heavy atom. The van der Waals surface area contributed by atoms with E-state index in [9.17, 15) is 0 Å². The first-order chi connectivity index (χ1) is 10.0. The van der Waals surface area contributed by atoms with Crippen LogP contribution in [0.2, 0.25) is 0 Å². The van der Waals surface area contributed by atoms with Crippen LogP contribution in [0.3, 0.4) is 0 Å². The molecule has 1 aliphatic heterocycles. The van der Waals surface area contributed by atoms with E-state index in [0.29, 0.717) is 5.54 Å². The van der Waals surface area contributed by atoms with Crippen LogP contribution >= 0.6 is 0 Å². The zero-order valence-electron chi connectivity index (χ0n) is 14.2. The summed E-state index contributed by atoms with van der Waals surface area (Å²) in [5.74, 6) is 0.770. The zero-order valence-corrected chi connectivity index (χ0v) is 14.2. The lowest BCUT2D eigenvalue weighted by Gasteiger charge is -2.42. The minimum atomic E-state index is 0.310.